The second-order valence-electron chi connectivity index (χ2n) is 9.66. The molecule has 1 aliphatic heterocycles. The fourth-order valence-electron chi connectivity index (χ4n) is 4.09. The normalized spacial score (nSPS) is 23.2. The molecule has 1 saturated carbocycles. The molecule has 0 unspecified atom stereocenters. The van der Waals surface area contributed by atoms with Crippen LogP contribution in [0.15, 0.2) is 18.2 Å². The monoisotopic (exact) mass is 477 g/mol. The van der Waals surface area contributed by atoms with Gasteiger partial charge in [0.05, 0.1) is 29.2 Å². The number of ether oxygens (including phenoxy) is 1. The third-order valence-corrected chi connectivity index (χ3v) is 8.48. The summed E-state index contributed by atoms with van der Waals surface area (Å²) in [7, 11) is -3.37. The lowest BCUT2D eigenvalue weighted by molar-refractivity contribution is -0.137. The molecule has 1 saturated heterocycles. The number of nitrogens with one attached hydrogen (secondary N) is 2. The van der Waals surface area contributed by atoms with Crippen LogP contribution in [-0.4, -0.2) is 52.1 Å². The fourth-order valence-corrected chi connectivity index (χ4v) is 5.12. The molecule has 0 atom stereocenters. The summed E-state index contributed by atoms with van der Waals surface area (Å²) in [6, 6.07) is 4.15. The van der Waals surface area contributed by atoms with Gasteiger partial charge < -0.3 is 15.0 Å². The van der Waals surface area contributed by atoms with E-state index in [-0.39, 0.29) is 11.7 Å². The second kappa shape index (κ2) is 9.77. The van der Waals surface area contributed by atoms with Crippen LogP contribution in [0, 0.1) is 5.92 Å². The van der Waals surface area contributed by atoms with Crippen LogP contribution < -0.4 is 14.9 Å². The average molecular weight is 478 g/mol. The SMILES string of the molecule is CC(C)(C)S(=O)(=O)NC1CCC(CNc2ccc(C(F)(F)F)c(N3CCOCC3)c2)CC1. The second-order valence-corrected chi connectivity index (χ2v) is 12.1. The first kappa shape index (κ1) is 25.1. The highest BCUT2D eigenvalue weighted by Crippen LogP contribution is 2.38. The first-order valence-electron chi connectivity index (χ1n) is 11.2. The van der Waals surface area contributed by atoms with Crippen LogP contribution in [-0.2, 0) is 20.9 Å². The van der Waals surface area contributed by atoms with Crippen LogP contribution in [0.2, 0.25) is 0 Å². The third-order valence-electron chi connectivity index (χ3n) is 6.22. The molecule has 0 aromatic heterocycles. The minimum atomic E-state index is -4.41. The van der Waals surface area contributed by atoms with Gasteiger partial charge in [-0.2, -0.15) is 13.2 Å². The van der Waals surface area contributed by atoms with E-state index in [1.807, 2.05) is 0 Å². The van der Waals surface area contributed by atoms with Gasteiger partial charge in [-0.15, -0.1) is 0 Å². The molecule has 0 amide bonds. The molecule has 2 fully saturated rings. The maximum atomic E-state index is 13.5. The van der Waals surface area contributed by atoms with Crippen LogP contribution in [0.4, 0.5) is 24.5 Å². The predicted molar refractivity (Wildman–Crippen MR) is 121 cm³/mol. The van der Waals surface area contributed by atoms with Crippen LogP contribution >= 0.6 is 0 Å². The Bertz CT molecular complexity index is 871. The molecule has 3 rings (SSSR count). The molecule has 0 spiro atoms. The van der Waals surface area contributed by atoms with E-state index in [4.69, 9.17) is 4.74 Å². The zero-order valence-corrected chi connectivity index (χ0v) is 19.8. The maximum absolute atomic E-state index is 13.5. The van der Waals surface area contributed by atoms with Crippen molar-refractivity contribution in [1.82, 2.24) is 4.72 Å². The minimum Gasteiger partial charge on any atom is -0.385 e. The minimum absolute atomic E-state index is 0.0607. The van der Waals surface area contributed by atoms with Crippen molar-refractivity contribution in [2.45, 2.75) is 63.4 Å². The van der Waals surface area contributed by atoms with Gasteiger partial charge in [0, 0.05) is 31.4 Å². The van der Waals surface area contributed by atoms with Crippen molar-refractivity contribution < 1.29 is 26.3 Å². The molecule has 0 radical (unpaired) electrons. The Balaban J connectivity index is 1.58. The summed E-state index contributed by atoms with van der Waals surface area (Å²) in [5, 5.41) is 3.30. The summed E-state index contributed by atoms with van der Waals surface area (Å²) in [6.45, 7) is 7.38. The fraction of sp³-hybridized carbons (Fsp3) is 0.727. The van der Waals surface area contributed by atoms with Crippen molar-refractivity contribution in [2.24, 2.45) is 5.92 Å². The number of halogens is 3. The quantitative estimate of drug-likeness (QED) is 0.642. The number of sulfonamides is 1. The van der Waals surface area contributed by atoms with E-state index in [2.05, 4.69) is 10.0 Å². The lowest BCUT2D eigenvalue weighted by atomic mass is 9.86. The number of hydrogen-bond acceptors (Lipinski definition) is 5. The summed E-state index contributed by atoms with van der Waals surface area (Å²) in [5.41, 5.74) is 0.220. The molecule has 2 N–H and O–H groups in total. The van der Waals surface area contributed by atoms with E-state index >= 15 is 0 Å². The Morgan fingerprint density at radius 2 is 1.69 bits per heavy atom. The Hall–Kier alpha value is -1.52. The molecule has 1 aromatic rings. The Labute approximate surface area is 188 Å². The van der Waals surface area contributed by atoms with Crippen molar-refractivity contribution >= 4 is 21.4 Å². The van der Waals surface area contributed by atoms with Gasteiger partial charge in [0.2, 0.25) is 10.0 Å². The standard InChI is InChI=1S/C22H34F3N3O3S/c1-21(2,3)32(29,30)27-17-6-4-16(5-7-17)15-26-18-8-9-19(22(23,24)25)20(14-18)28-10-12-31-13-11-28/h8-9,14,16-17,26-27H,4-7,10-13,15H2,1-3H3. The van der Waals surface area contributed by atoms with E-state index in [1.54, 1.807) is 31.7 Å². The molecule has 182 valence electrons. The van der Waals surface area contributed by atoms with Gasteiger partial charge in [-0.25, -0.2) is 13.1 Å². The lowest BCUT2D eigenvalue weighted by Gasteiger charge is -2.32. The summed E-state index contributed by atoms with van der Waals surface area (Å²) >= 11 is 0. The number of nitrogens with zero attached hydrogens (tertiary/aromatic N) is 1. The molecule has 0 bridgehead atoms. The highest BCUT2D eigenvalue weighted by atomic mass is 32.2. The number of benzene rings is 1. The first-order valence-corrected chi connectivity index (χ1v) is 12.6. The van der Waals surface area contributed by atoms with Crippen LogP contribution in [0.3, 0.4) is 0 Å². The number of alkyl halides is 3. The zero-order chi connectivity index (χ0) is 23.6. The summed E-state index contributed by atoms with van der Waals surface area (Å²) in [4.78, 5) is 1.73. The third kappa shape index (κ3) is 6.29. The topological polar surface area (TPSA) is 70.7 Å². The smallest absolute Gasteiger partial charge is 0.385 e. The van der Waals surface area contributed by atoms with Gasteiger partial charge in [-0.05, 0) is 70.6 Å². The average Bonchev–Trinajstić information content (AvgIpc) is 2.72. The summed E-state index contributed by atoms with van der Waals surface area (Å²) < 4.78 is 72.5. The Morgan fingerprint density at radius 1 is 1.06 bits per heavy atom. The van der Waals surface area contributed by atoms with Crippen molar-refractivity contribution in [1.29, 1.82) is 0 Å². The van der Waals surface area contributed by atoms with Gasteiger partial charge in [-0.3, -0.25) is 0 Å². The van der Waals surface area contributed by atoms with Gasteiger partial charge in [0.25, 0.3) is 0 Å². The van der Waals surface area contributed by atoms with E-state index in [0.29, 0.717) is 44.5 Å². The number of hydrogen-bond donors (Lipinski definition) is 2. The lowest BCUT2D eigenvalue weighted by Crippen LogP contribution is -2.46. The van der Waals surface area contributed by atoms with Gasteiger partial charge in [0.15, 0.2) is 0 Å². The first-order chi connectivity index (χ1) is 14.9. The summed E-state index contributed by atoms with van der Waals surface area (Å²) in [6.07, 6.45) is -1.17. The number of rotatable bonds is 6. The predicted octanol–water partition coefficient (Wildman–Crippen LogP) is 4.23. The maximum Gasteiger partial charge on any atom is 0.418 e. The number of anilines is 2. The molecule has 1 aromatic carbocycles. The molecule has 10 heteroatoms. The van der Waals surface area contributed by atoms with Crippen molar-refractivity contribution in [3.63, 3.8) is 0 Å². The molecule has 1 aliphatic carbocycles. The van der Waals surface area contributed by atoms with Crippen molar-refractivity contribution in [2.75, 3.05) is 43.1 Å². The highest BCUT2D eigenvalue weighted by molar-refractivity contribution is 7.90. The van der Waals surface area contributed by atoms with E-state index < -0.39 is 26.5 Å². The van der Waals surface area contributed by atoms with Crippen LogP contribution in [0.1, 0.15) is 52.0 Å². The molecule has 2 aliphatic rings. The van der Waals surface area contributed by atoms with Crippen LogP contribution in [0.25, 0.3) is 0 Å². The van der Waals surface area contributed by atoms with E-state index in [9.17, 15) is 21.6 Å². The van der Waals surface area contributed by atoms with Crippen molar-refractivity contribution in [3.05, 3.63) is 23.8 Å². The number of morpholine rings is 1. The van der Waals surface area contributed by atoms with Crippen molar-refractivity contribution in [3.8, 4) is 0 Å². The van der Waals surface area contributed by atoms with Crippen LogP contribution in [0.5, 0.6) is 0 Å². The molecule has 1 heterocycles. The van der Waals surface area contributed by atoms with E-state index in [1.165, 1.54) is 6.07 Å². The van der Waals surface area contributed by atoms with Gasteiger partial charge >= 0.3 is 6.18 Å². The largest absolute Gasteiger partial charge is 0.418 e. The Morgan fingerprint density at radius 3 is 2.25 bits per heavy atom. The summed E-state index contributed by atoms with van der Waals surface area (Å²) in [5.74, 6) is 0.347. The molecular formula is C22H34F3N3O3S. The molecular weight excluding hydrogens is 443 g/mol. The molecule has 32 heavy (non-hydrogen) atoms. The van der Waals surface area contributed by atoms with Gasteiger partial charge in [0.1, 0.15) is 0 Å². The molecule has 6 nitrogen and oxygen atoms in total. The van der Waals surface area contributed by atoms with E-state index in [0.717, 1.165) is 31.7 Å². The van der Waals surface area contributed by atoms with Gasteiger partial charge in [-0.1, -0.05) is 0 Å². The highest BCUT2D eigenvalue weighted by Gasteiger charge is 2.36. The Kier molecular flexibility index (Phi) is 7.66. The zero-order valence-electron chi connectivity index (χ0n) is 19.0.